The van der Waals surface area contributed by atoms with E-state index in [0.717, 1.165) is 29.2 Å². The predicted molar refractivity (Wildman–Crippen MR) is 86.2 cm³/mol. The lowest BCUT2D eigenvalue weighted by Crippen LogP contribution is -2.17. The maximum absolute atomic E-state index is 5.94. The van der Waals surface area contributed by atoms with Crippen LogP contribution in [-0.4, -0.2) is 12.6 Å². The van der Waals surface area contributed by atoms with Gasteiger partial charge in [-0.15, -0.1) is 0 Å². The Morgan fingerprint density at radius 2 is 1.86 bits per heavy atom. The van der Waals surface area contributed by atoms with Gasteiger partial charge in [0, 0.05) is 12.1 Å². The van der Waals surface area contributed by atoms with Crippen molar-refractivity contribution in [3.63, 3.8) is 0 Å². The number of rotatable bonds is 6. The van der Waals surface area contributed by atoms with E-state index in [0.29, 0.717) is 6.61 Å². The molecule has 2 rings (SSSR count). The second-order valence-electron chi connectivity index (χ2n) is 5.29. The van der Waals surface area contributed by atoms with Crippen LogP contribution in [0.2, 0.25) is 0 Å². The molecule has 0 heterocycles. The van der Waals surface area contributed by atoms with Crippen LogP contribution < -0.4 is 15.2 Å². The van der Waals surface area contributed by atoms with E-state index in [-0.39, 0.29) is 6.04 Å². The minimum atomic E-state index is 0.166. The Morgan fingerprint density at radius 3 is 2.52 bits per heavy atom. The minimum Gasteiger partial charge on any atom is -0.494 e. The Hall–Kier alpha value is -2.00. The first-order valence-corrected chi connectivity index (χ1v) is 7.34. The van der Waals surface area contributed by atoms with Gasteiger partial charge in [0.25, 0.3) is 0 Å². The van der Waals surface area contributed by atoms with Gasteiger partial charge in [0.2, 0.25) is 0 Å². The van der Waals surface area contributed by atoms with Gasteiger partial charge in [-0.05, 0) is 56.5 Å². The fourth-order valence-electron chi connectivity index (χ4n) is 2.25. The van der Waals surface area contributed by atoms with Crippen molar-refractivity contribution in [3.05, 3.63) is 53.6 Å². The van der Waals surface area contributed by atoms with E-state index < -0.39 is 0 Å². The molecule has 0 aliphatic heterocycles. The molecule has 3 nitrogen and oxygen atoms in total. The van der Waals surface area contributed by atoms with Crippen LogP contribution in [-0.2, 0) is 6.42 Å². The lowest BCUT2D eigenvalue weighted by molar-refractivity contribution is 0.338. The molecule has 2 aromatic carbocycles. The van der Waals surface area contributed by atoms with E-state index in [1.54, 1.807) is 0 Å². The van der Waals surface area contributed by atoms with Gasteiger partial charge in [0.15, 0.2) is 0 Å². The first-order valence-electron chi connectivity index (χ1n) is 7.34. The Balaban J connectivity index is 2.14. The van der Waals surface area contributed by atoms with Gasteiger partial charge >= 0.3 is 0 Å². The smallest absolute Gasteiger partial charge is 0.131 e. The molecular formula is C18H23NO2. The quantitative estimate of drug-likeness (QED) is 0.870. The summed E-state index contributed by atoms with van der Waals surface area (Å²) in [5.74, 6) is 2.46. The van der Waals surface area contributed by atoms with Crippen LogP contribution >= 0.6 is 0 Å². The zero-order valence-corrected chi connectivity index (χ0v) is 12.9. The first-order chi connectivity index (χ1) is 10.1. The van der Waals surface area contributed by atoms with Crippen molar-refractivity contribution in [2.75, 3.05) is 6.61 Å². The Bertz CT molecular complexity index is 594. The molecule has 0 aliphatic rings. The molecule has 112 valence electrons. The Kier molecular flexibility index (Phi) is 5.23. The summed E-state index contributed by atoms with van der Waals surface area (Å²) >= 11 is 0. The lowest BCUT2D eigenvalue weighted by atomic mass is 10.0. The van der Waals surface area contributed by atoms with Gasteiger partial charge in [0.05, 0.1) is 6.61 Å². The summed E-state index contributed by atoms with van der Waals surface area (Å²) in [6.45, 7) is 6.68. The summed E-state index contributed by atoms with van der Waals surface area (Å²) in [4.78, 5) is 0. The molecule has 0 bridgehead atoms. The molecule has 2 aromatic rings. The van der Waals surface area contributed by atoms with Gasteiger partial charge in [0.1, 0.15) is 17.2 Å². The molecule has 0 saturated heterocycles. The molecule has 0 amide bonds. The Morgan fingerprint density at radius 1 is 1.10 bits per heavy atom. The highest BCUT2D eigenvalue weighted by molar-refractivity contribution is 5.41. The lowest BCUT2D eigenvalue weighted by Gasteiger charge is -2.12. The van der Waals surface area contributed by atoms with Crippen LogP contribution in [0.15, 0.2) is 42.5 Å². The molecule has 1 unspecified atom stereocenters. The van der Waals surface area contributed by atoms with Crippen molar-refractivity contribution >= 4 is 0 Å². The van der Waals surface area contributed by atoms with E-state index in [4.69, 9.17) is 15.2 Å². The van der Waals surface area contributed by atoms with Gasteiger partial charge in [-0.3, -0.25) is 0 Å². The molecule has 0 spiro atoms. The molecule has 0 aromatic heterocycles. The number of hydrogen-bond donors (Lipinski definition) is 1. The van der Waals surface area contributed by atoms with E-state index in [2.05, 4.69) is 12.1 Å². The highest BCUT2D eigenvalue weighted by Crippen LogP contribution is 2.28. The van der Waals surface area contributed by atoms with Gasteiger partial charge in [-0.2, -0.15) is 0 Å². The number of aryl methyl sites for hydroxylation is 1. The Labute approximate surface area is 126 Å². The number of nitrogens with two attached hydrogens (primary N) is 1. The fraction of sp³-hybridized carbons (Fsp3) is 0.333. The normalized spacial score (nSPS) is 12.0. The van der Waals surface area contributed by atoms with Crippen molar-refractivity contribution < 1.29 is 9.47 Å². The summed E-state index contributed by atoms with van der Waals surface area (Å²) in [5, 5.41) is 0. The minimum absolute atomic E-state index is 0.166. The van der Waals surface area contributed by atoms with E-state index >= 15 is 0 Å². The molecule has 3 heteroatoms. The van der Waals surface area contributed by atoms with Crippen molar-refractivity contribution in [2.45, 2.75) is 33.2 Å². The summed E-state index contributed by atoms with van der Waals surface area (Å²) < 4.78 is 11.4. The highest BCUT2D eigenvalue weighted by atomic mass is 16.5. The molecule has 21 heavy (non-hydrogen) atoms. The van der Waals surface area contributed by atoms with Crippen LogP contribution in [0.4, 0.5) is 0 Å². The summed E-state index contributed by atoms with van der Waals surface area (Å²) in [5.41, 5.74) is 8.18. The summed E-state index contributed by atoms with van der Waals surface area (Å²) in [7, 11) is 0. The van der Waals surface area contributed by atoms with Crippen molar-refractivity contribution in [2.24, 2.45) is 5.73 Å². The number of benzene rings is 2. The third-order valence-corrected chi connectivity index (χ3v) is 3.14. The molecule has 0 fully saturated rings. The standard InChI is InChI=1S/C18H23NO2/c1-4-20-16-6-5-7-17(12-16)21-18-9-8-15(10-13(18)2)11-14(3)19/h5-10,12,14H,4,11,19H2,1-3H3. The first kappa shape index (κ1) is 15.4. The van der Waals surface area contributed by atoms with Gasteiger partial charge < -0.3 is 15.2 Å². The predicted octanol–water partition coefficient (Wildman–Crippen LogP) is 4.08. The summed E-state index contributed by atoms with van der Waals surface area (Å²) in [6.07, 6.45) is 0.876. The zero-order chi connectivity index (χ0) is 15.2. The van der Waals surface area contributed by atoms with Crippen LogP contribution in [0.1, 0.15) is 25.0 Å². The van der Waals surface area contributed by atoms with Crippen LogP contribution in [0, 0.1) is 6.92 Å². The van der Waals surface area contributed by atoms with Crippen LogP contribution in [0.25, 0.3) is 0 Å². The van der Waals surface area contributed by atoms with Crippen molar-refractivity contribution in [3.8, 4) is 17.2 Å². The number of ether oxygens (including phenoxy) is 2. The van der Waals surface area contributed by atoms with Crippen LogP contribution in [0.3, 0.4) is 0 Å². The topological polar surface area (TPSA) is 44.5 Å². The van der Waals surface area contributed by atoms with E-state index in [1.165, 1.54) is 5.56 Å². The van der Waals surface area contributed by atoms with Crippen molar-refractivity contribution in [1.82, 2.24) is 0 Å². The third-order valence-electron chi connectivity index (χ3n) is 3.14. The number of hydrogen-bond acceptors (Lipinski definition) is 3. The zero-order valence-electron chi connectivity index (χ0n) is 12.9. The van der Waals surface area contributed by atoms with E-state index in [9.17, 15) is 0 Å². The molecule has 2 N–H and O–H groups in total. The average Bonchev–Trinajstić information content (AvgIpc) is 2.42. The van der Waals surface area contributed by atoms with Gasteiger partial charge in [-0.25, -0.2) is 0 Å². The molecular weight excluding hydrogens is 262 g/mol. The SMILES string of the molecule is CCOc1cccc(Oc2ccc(CC(C)N)cc2C)c1. The average molecular weight is 285 g/mol. The third kappa shape index (κ3) is 4.50. The van der Waals surface area contributed by atoms with Crippen LogP contribution in [0.5, 0.6) is 17.2 Å². The monoisotopic (exact) mass is 285 g/mol. The van der Waals surface area contributed by atoms with E-state index in [1.807, 2.05) is 51.1 Å². The second kappa shape index (κ2) is 7.14. The largest absolute Gasteiger partial charge is 0.494 e. The summed E-state index contributed by atoms with van der Waals surface area (Å²) in [6, 6.07) is 14.0. The molecule has 0 aliphatic carbocycles. The fourth-order valence-corrected chi connectivity index (χ4v) is 2.25. The highest BCUT2D eigenvalue weighted by Gasteiger charge is 2.05. The van der Waals surface area contributed by atoms with Crippen molar-refractivity contribution in [1.29, 1.82) is 0 Å². The molecule has 0 saturated carbocycles. The van der Waals surface area contributed by atoms with Gasteiger partial charge in [-0.1, -0.05) is 18.2 Å². The maximum Gasteiger partial charge on any atom is 0.131 e. The molecule has 1 atom stereocenters. The molecule has 0 radical (unpaired) electrons. The second-order valence-corrected chi connectivity index (χ2v) is 5.29. The maximum atomic E-state index is 5.94.